The molecule has 0 saturated carbocycles. The van der Waals surface area contributed by atoms with Gasteiger partial charge in [0.25, 0.3) is 0 Å². The highest BCUT2D eigenvalue weighted by atomic mass is 16.8. The summed E-state index contributed by atoms with van der Waals surface area (Å²) in [6.07, 6.45) is -31.3. The second-order valence-electron chi connectivity index (χ2n) is 20.4. The molecule has 3 aliphatic heterocycles. The minimum atomic E-state index is -2.19. The highest BCUT2D eigenvalue weighted by Gasteiger charge is 2.60. The highest BCUT2D eigenvalue weighted by Crippen LogP contribution is 2.45. The van der Waals surface area contributed by atoms with E-state index >= 15 is 0 Å². The van der Waals surface area contributed by atoms with Crippen molar-refractivity contribution in [3.05, 3.63) is 59.7 Å². The summed E-state index contributed by atoms with van der Waals surface area (Å²) >= 11 is 0. The van der Waals surface area contributed by atoms with Crippen LogP contribution >= 0.6 is 0 Å². The highest BCUT2D eigenvalue weighted by molar-refractivity contribution is 5.87. The zero-order valence-corrected chi connectivity index (χ0v) is 49.8. The summed E-state index contributed by atoms with van der Waals surface area (Å²) in [5.74, 6) is -13.7. The zero-order chi connectivity index (χ0) is 65.6. The molecule has 0 aromatic heterocycles. The number of alkyl carbamates (subject to hydrolysis) is 1. The Morgan fingerprint density at radius 3 is 1.17 bits per heavy atom. The summed E-state index contributed by atoms with van der Waals surface area (Å²) in [6.45, 7) is 6.71. The first-order chi connectivity index (χ1) is 42.0. The summed E-state index contributed by atoms with van der Waals surface area (Å²) in [4.78, 5) is 167. The Labute approximate surface area is 507 Å². The first-order valence-corrected chi connectivity index (χ1v) is 27.5. The van der Waals surface area contributed by atoms with Crippen LogP contribution in [0.15, 0.2) is 48.5 Å². The third-order valence-electron chi connectivity index (χ3n) is 13.5. The Bertz CT molecular complexity index is 2940. The largest absolute Gasteiger partial charge is 0.480 e. The van der Waals surface area contributed by atoms with Gasteiger partial charge in [0.05, 0.1) is 6.42 Å². The Balaban J connectivity index is 1.35. The SMILES string of the molecule is CC(=O)OC[C@H]1O[C@@H](NC(=O)C[C@H](NC(=O)OCC2c3ccccc3-c3ccccc32)C(=O)O)[C@H](OC(C)=O)[C@@H](OC(C)=O)[C@@H]1O[C@@H]1O[C@H](COC(C)=O)[C@@H](O[C@@H]2O[C@H](COC(C)=O)[C@@H](OC(C)=O)[C@H](OC(C)=O)[C@H]2OC(C)=O)[C@H](OC(C)=O)[C@H]1OC(C)=O. The van der Waals surface area contributed by atoms with E-state index in [-0.39, 0.29) is 6.61 Å². The van der Waals surface area contributed by atoms with Crippen molar-refractivity contribution in [3.63, 3.8) is 0 Å². The van der Waals surface area contributed by atoms with E-state index < -0.39 is 208 Å². The zero-order valence-electron chi connectivity index (χ0n) is 49.8. The summed E-state index contributed by atoms with van der Waals surface area (Å²) in [7, 11) is 0. The first kappa shape index (κ1) is 69.3. The van der Waals surface area contributed by atoms with Crippen LogP contribution in [0.25, 0.3) is 11.1 Å². The lowest BCUT2D eigenvalue weighted by Crippen LogP contribution is -2.69. The second kappa shape index (κ2) is 31.4. The number of fused-ring (bicyclic) bond motifs is 3. The van der Waals surface area contributed by atoms with Crippen molar-refractivity contribution in [2.24, 2.45) is 0 Å². The smallest absolute Gasteiger partial charge is 0.407 e. The molecule has 486 valence electrons. The Kier molecular flexibility index (Phi) is 24.4. The number of aliphatic carboxylic acids is 1. The van der Waals surface area contributed by atoms with Gasteiger partial charge in [-0.2, -0.15) is 0 Å². The van der Waals surface area contributed by atoms with Crippen molar-refractivity contribution in [1.29, 1.82) is 0 Å². The van der Waals surface area contributed by atoms with Crippen LogP contribution in [0, 0.1) is 0 Å². The monoisotopic (exact) mass is 1260 g/mol. The Morgan fingerprint density at radius 1 is 0.416 bits per heavy atom. The molecule has 1 aliphatic carbocycles. The molecule has 0 radical (unpaired) electrons. The van der Waals surface area contributed by atoms with Crippen molar-refractivity contribution < 1.29 is 143 Å². The average Bonchev–Trinajstić information content (AvgIpc) is 1.72. The number of carboxylic acid groups (broad SMARTS) is 1. The minimum absolute atomic E-state index is 0.226. The second-order valence-corrected chi connectivity index (χ2v) is 20.4. The number of carboxylic acids is 1. The number of hydrogen-bond acceptors (Lipinski definition) is 29. The van der Waals surface area contributed by atoms with Gasteiger partial charge in [-0.25, -0.2) is 9.59 Å². The van der Waals surface area contributed by atoms with Crippen LogP contribution in [0.2, 0.25) is 0 Å². The van der Waals surface area contributed by atoms with E-state index in [0.29, 0.717) is 0 Å². The fourth-order valence-electron chi connectivity index (χ4n) is 10.3. The predicted octanol–water partition coefficient (Wildman–Crippen LogP) is 0.641. The molecule has 89 heavy (non-hydrogen) atoms. The van der Waals surface area contributed by atoms with E-state index in [1.165, 1.54) is 0 Å². The average molecular weight is 1260 g/mol. The summed E-state index contributed by atoms with van der Waals surface area (Å²) in [5.41, 5.74) is 3.54. The molecule has 2 amide bonds. The molecule has 3 N–H and O–H groups in total. The molecule has 3 fully saturated rings. The maximum Gasteiger partial charge on any atom is 0.407 e. The molecule has 3 heterocycles. The number of rotatable bonds is 24. The number of esters is 10. The number of hydrogen-bond donors (Lipinski definition) is 3. The molecule has 2 aromatic carbocycles. The van der Waals surface area contributed by atoms with Crippen LogP contribution in [0.3, 0.4) is 0 Å². The van der Waals surface area contributed by atoms with Crippen molar-refractivity contribution >= 4 is 77.7 Å². The maximum absolute atomic E-state index is 14.0. The lowest BCUT2D eigenvalue weighted by molar-refractivity contribution is -0.374. The normalized spacial score (nSPS) is 27.1. The van der Waals surface area contributed by atoms with E-state index in [0.717, 1.165) is 91.5 Å². The van der Waals surface area contributed by atoms with Crippen LogP contribution in [0.1, 0.15) is 92.7 Å². The van der Waals surface area contributed by atoms with E-state index in [9.17, 15) is 67.4 Å². The van der Waals surface area contributed by atoms with E-state index in [2.05, 4.69) is 10.6 Å². The fourth-order valence-corrected chi connectivity index (χ4v) is 10.3. The van der Waals surface area contributed by atoms with Gasteiger partial charge in [0.1, 0.15) is 63.0 Å². The van der Waals surface area contributed by atoms with Gasteiger partial charge in [0, 0.05) is 75.2 Å². The third kappa shape index (κ3) is 19.1. The van der Waals surface area contributed by atoms with Crippen molar-refractivity contribution in [2.45, 2.75) is 180 Å². The van der Waals surface area contributed by atoms with Gasteiger partial charge in [0.15, 0.2) is 61.5 Å². The summed E-state index contributed by atoms with van der Waals surface area (Å²) in [5, 5.41) is 14.7. The fraction of sp³-hybridized carbons (Fsp3) is 0.561. The van der Waals surface area contributed by atoms with Gasteiger partial charge < -0.3 is 91.5 Å². The number of nitrogens with one attached hydrogen (secondary N) is 2. The van der Waals surface area contributed by atoms with E-state index in [1.54, 1.807) is 0 Å². The number of amides is 2. The van der Waals surface area contributed by atoms with Crippen LogP contribution in [0.5, 0.6) is 0 Å². The molecular weight excluding hydrogens is 1190 g/mol. The van der Waals surface area contributed by atoms with E-state index in [1.807, 2.05) is 48.5 Å². The number of ether oxygens (including phenoxy) is 16. The van der Waals surface area contributed by atoms with Gasteiger partial charge in [0.2, 0.25) is 5.91 Å². The van der Waals surface area contributed by atoms with Gasteiger partial charge >= 0.3 is 71.8 Å². The van der Waals surface area contributed by atoms with Crippen LogP contribution in [-0.4, -0.2) is 207 Å². The Hall–Kier alpha value is -8.85. The van der Waals surface area contributed by atoms with Gasteiger partial charge in [-0.1, -0.05) is 48.5 Å². The summed E-state index contributed by atoms with van der Waals surface area (Å²) in [6, 6.07) is 12.9. The molecule has 6 rings (SSSR count). The molecule has 2 aromatic rings. The number of carbonyl (C=O) groups excluding carboxylic acids is 12. The van der Waals surface area contributed by atoms with Crippen molar-refractivity contribution in [2.75, 3.05) is 26.4 Å². The molecule has 32 nitrogen and oxygen atoms in total. The standard InChI is InChI=1S/C57H68N2O30/c1-24(60)74-21-40-45(47(79-28(5)64)50(82-31(8)67)53(85-40)59-43(70)19-39(54(71)72)58-57(73)77-20-38-36-17-13-11-15-34(36)35-16-12-14-18-37(35)38)88-56-52(84-33(10)69)49(81-30(7)66)46(42(87-56)23-76-26(3)62)89-55-51(83-32(9)68)48(80-29(6)65)44(78-27(4)63)41(86-55)22-75-25(2)61/h11-18,38-42,44-53,55-56H,19-23H2,1-10H3,(H,58,73)(H,59,70)(H,71,72)/t39-,40+,41+,42+,44+,45+,46+,47-,48-,49-,50+,51+,52+,53+,55-,56-/m0/s1. The maximum atomic E-state index is 14.0. The van der Waals surface area contributed by atoms with E-state index in [4.69, 9.17) is 75.8 Å². The lowest BCUT2D eigenvalue weighted by Gasteiger charge is -2.50. The first-order valence-electron chi connectivity index (χ1n) is 27.5. The predicted molar refractivity (Wildman–Crippen MR) is 287 cm³/mol. The molecule has 0 unspecified atom stereocenters. The summed E-state index contributed by atoms with van der Waals surface area (Å²) < 4.78 is 92.2. The van der Waals surface area contributed by atoms with Crippen molar-refractivity contribution in [3.8, 4) is 11.1 Å². The molecule has 3 saturated heterocycles. The minimum Gasteiger partial charge on any atom is -0.480 e. The van der Waals surface area contributed by atoms with Gasteiger partial charge in [-0.05, 0) is 22.3 Å². The topological polar surface area (TPSA) is 414 Å². The molecule has 0 spiro atoms. The lowest BCUT2D eigenvalue weighted by atomic mass is 9.94. The molecule has 0 bridgehead atoms. The van der Waals surface area contributed by atoms with Gasteiger partial charge in [-0.15, -0.1) is 0 Å². The van der Waals surface area contributed by atoms with Crippen LogP contribution < -0.4 is 10.6 Å². The Morgan fingerprint density at radius 2 is 0.764 bits per heavy atom. The molecule has 4 aliphatic rings. The number of carbonyl (C=O) groups is 13. The molecule has 16 atom stereocenters. The van der Waals surface area contributed by atoms with Crippen LogP contribution in [0.4, 0.5) is 4.79 Å². The van der Waals surface area contributed by atoms with Crippen molar-refractivity contribution in [1.82, 2.24) is 10.6 Å². The molecular formula is C57H68N2O30. The van der Waals surface area contributed by atoms with Gasteiger partial charge in [-0.3, -0.25) is 52.7 Å². The van der Waals surface area contributed by atoms with Crippen LogP contribution in [-0.2, 0) is 133 Å². The third-order valence-corrected chi connectivity index (χ3v) is 13.5. The number of benzene rings is 2. The quantitative estimate of drug-likeness (QED) is 0.0959. The molecule has 32 heteroatoms.